The average molecular weight is 519 g/mol. The lowest BCUT2D eigenvalue weighted by atomic mass is 9.78. The van der Waals surface area contributed by atoms with Gasteiger partial charge in [-0.05, 0) is 49.1 Å². The van der Waals surface area contributed by atoms with Gasteiger partial charge in [-0.2, -0.15) is 0 Å². The van der Waals surface area contributed by atoms with E-state index in [1.807, 2.05) is 12.1 Å². The molecule has 1 fully saturated rings. The number of sulfonamides is 1. The van der Waals surface area contributed by atoms with Gasteiger partial charge >= 0.3 is 5.97 Å². The zero-order chi connectivity index (χ0) is 25.2. The highest BCUT2D eigenvalue weighted by Gasteiger charge is 2.24. The molecule has 7 nitrogen and oxygen atoms in total. The minimum Gasteiger partial charge on any atom is -0.495 e. The molecule has 2 N–H and O–H groups in total. The third kappa shape index (κ3) is 5.48. The van der Waals surface area contributed by atoms with Crippen LogP contribution in [0.25, 0.3) is 10.6 Å². The first-order chi connectivity index (χ1) is 16.7. The maximum Gasteiger partial charge on any atom is 0.338 e. The van der Waals surface area contributed by atoms with Crippen LogP contribution < -0.4 is 9.46 Å². The third-order valence-electron chi connectivity index (χ3n) is 6.57. The van der Waals surface area contributed by atoms with Crippen LogP contribution in [0.3, 0.4) is 0 Å². The Morgan fingerprint density at radius 2 is 1.89 bits per heavy atom. The Hall–Kier alpha value is -2.98. The van der Waals surface area contributed by atoms with E-state index >= 15 is 0 Å². The van der Waals surface area contributed by atoms with Crippen LogP contribution in [0.5, 0.6) is 5.75 Å². The lowest BCUT2D eigenvalue weighted by molar-refractivity contribution is 0.0691. The number of ether oxygens (including phenoxy) is 1. The maximum atomic E-state index is 14.1. The Morgan fingerprint density at radius 3 is 2.49 bits per heavy atom. The van der Waals surface area contributed by atoms with Crippen molar-refractivity contribution < 1.29 is 27.4 Å². The molecule has 3 aromatic rings. The van der Waals surface area contributed by atoms with Crippen LogP contribution in [0.4, 0.5) is 10.1 Å². The van der Waals surface area contributed by atoms with Crippen LogP contribution in [0.15, 0.2) is 46.8 Å². The average Bonchev–Trinajstić information content (AvgIpc) is 3.35. The summed E-state index contributed by atoms with van der Waals surface area (Å²) < 4.78 is 47.3. The molecule has 0 bridgehead atoms. The lowest BCUT2D eigenvalue weighted by Crippen LogP contribution is -2.13. The summed E-state index contributed by atoms with van der Waals surface area (Å²) in [5.74, 6) is -1.28. The van der Waals surface area contributed by atoms with Crippen molar-refractivity contribution in [1.82, 2.24) is 4.98 Å². The van der Waals surface area contributed by atoms with Crippen molar-refractivity contribution in [2.75, 3.05) is 11.8 Å². The molecule has 1 aliphatic carbocycles. The fraction of sp³-hybridized carbons (Fsp3) is 0.360. The van der Waals surface area contributed by atoms with Crippen LogP contribution in [0, 0.1) is 11.7 Å². The number of benzene rings is 2. The van der Waals surface area contributed by atoms with Gasteiger partial charge in [-0.3, -0.25) is 4.72 Å². The quantitative estimate of drug-likeness (QED) is 0.371. The van der Waals surface area contributed by atoms with Gasteiger partial charge in [0.2, 0.25) is 0 Å². The second-order valence-electron chi connectivity index (χ2n) is 8.68. The van der Waals surface area contributed by atoms with E-state index in [0.717, 1.165) is 35.0 Å². The van der Waals surface area contributed by atoms with Gasteiger partial charge < -0.3 is 9.84 Å². The summed E-state index contributed by atoms with van der Waals surface area (Å²) in [6.07, 6.45) is 7.40. The Morgan fingerprint density at radius 1 is 1.20 bits per heavy atom. The summed E-state index contributed by atoms with van der Waals surface area (Å²) in [5.41, 5.74) is 1.30. The summed E-state index contributed by atoms with van der Waals surface area (Å²) >= 11 is 0.992. The largest absolute Gasteiger partial charge is 0.495 e. The van der Waals surface area contributed by atoms with E-state index in [-0.39, 0.29) is 15.6 Å². The lowest BCUT2D eigenvalue weighted by Gasteiger charge is -2.28. The van der Waals surface area contributed by atoms with E-state index in [1.54, 1.807) is 0 Å². The molecule has 1 saturated carbocycles. The van der Waals surface area contributed by atoms with E-state index in [9.17, 15) is 17.6 Å². The molecule has 186 valence electrons. The van der Waals surface area contributed by atoms with Crippen LogP contribution in [-0.2, 0) is 10.0 Å². The van der Waals surface area contributed by atoms with Crippen LogP contribution in [0.1, 0.15) is 60.9 Å². The van der Waals surface area contributed by atoms with E-state index < -0.39 is 27.4 Å². The molecule has 1 heterocycles. The molecule has 35 heavy (non-hydrogen) atoms. The summed E-state index contributed by atoms with van der Waals surface area (Å²) in [4.78, 5) is 15.4. The molecule has 0 spiro atoms. The van der Waals surface area contributed by atoms with Gasteiger partial charge in [-0.15, -0.1) is 11.3 Å². The first-order valence-electron chi connectivity index (χ1n) is 11.4. The van der Waals surface area contributed by atoms with Crippen molar-refractivity contribution in [3.63, 3.8) is 0 Å². The van der Waals surface area contributed by atoms with E-state index in [2.05, 4.69) is 28.8 Å². The maximum absolute atomic E-state index is 14.1. The molecule has 0 unspecified atom stereocenters. The smallest absolute Gasteiger partial charge is 0.338 e. The fourth-order valence-electron chi connectivity index (χ4n) is 4.48. The Bertz CT molecular complexity index is 1310. The minimum atomic E-state index is -4.10. The monoisotopic (exact) mass is 518 g/mol. The minimum absolute atomic E-state index is 0.0563. The number of hydrogen-bond donors (Lipinski definition) is 2. The summed E-state index contributed by atoms with van der Waals surface area (Å²) in [6.45, 7) is 2.25. The SMILES string of the molecule is CCC1CCC(c2ccc(-c3ncc(S(=O)(=O)Nc4cc(F)c(C(=O)O)cc4OC)s3)cc2)CC1. The van der Waals surface area contributed by atoms with Crippen LogP contribution >= 0.6 is 11.3 Å². The highest BCUT2D eigenvalue weighted by molar-refractivity contribution is 7.94. The number of aromatic nitrogens is 1. The van der Waals surface area contributed by atoms with Gasteiger partial charge in [0.1, 0.15) is 16.6 Å². The second kappa shape index (κ2) is 10.3. The first-order valence-corrected chi connectivity index (χ1v) is 13.7. The number of carboxylic acids is 1. The molecule has 2 aromatic carbocycles. The molecular formula is C25H27FN2O5S2. The fourth-order valence-corrected chi connectivity index (χ4v) is 6.68. The zero-order valence-corrected chi connectivity index (χ0v) is 21.1. The van der Waals surface area contributed by atoms with Gasteiger partial charge in [-0.1, -0.05) is 37.6 Å². The van der Waals surface area contributed by atoms with Crippen molar-refractivity contribution in [2.24, 2.45) is 5.92 Å². The number of methoxy groups -OCH3 is 1. The number of thiazole rings is 1. The standard InChI is InChI=1S/C25H27FN2O5S2/c1-3-15-4-6-16(7-5-15)17-8-10-18(11-9-17)24-27-14-23(34-24)35(31,32)28-21-13-20(26)19(25(29)30)12-22(21)33-2/h8-16,28H,3-7H2,1-2H3,(H,29,30). The number of rotatable bonds is 8. The van der Waals surface area contributed by atoms with Crippen LogP contribution in [0.2, 0.25) is 0 Å². The van der Waals surface area contributed by atoms with Gasteiger partial charge in [0.15, 0.2) is 4.21 Å². The Balaban J connectivity index is 1.51. The van der Waals surface area contributed by atoms with Gasteiger partial charge in [0.25, 0.3) is 10.0 Å². The zero-order valence-electron chi connectivity index (χ0n) is 19.5. The molecule has 0 amide bonds. The molecule has 1 aliphatic rings. The molecular weight excluding hydrogens is 491 g/mol. The molecule has 10 heteroatoms. The van der Waals surface area contributed by atoms with Crippen molar-refractivity contribution in [2.45, 2.75) is 49.2 Å². The number of aromatic carboxylic acids is 1. The number of carbonyl (C=O) groups is 1. The second-order valence-corrected chi connectivity index (χ2v) is 11.6. The molecule has 0 radical (unpaired) electrons. The Kier molecular flexibility index (Phi) is 7.42. The molecule has 0 atom stereocenters. The molecule has 4 rings (SSSR count). The highest BCUT2D eigenvalue weighted by Crippen LogP contribution is 2.38. The predicted octanol–water partition coefficient (Wildman–Crippen LogP) is 6.14. The molecule has 0 saturated heterocycles. The number of nitrogens with zero attached hydrogens (tertiary/aromatic N) is 1. The predicted molar refractivity (Wildman–Crippen MR) is 133 cm³/mol. The van der Waals surface area contributed by atoms with Crippen molar-refractivity contribution in [3.05, 3.63) is 59.5 Å². The number of nitrogens with one attached hydrogen (secondary N) is 1. The van der Waals surface area contributed by atoms with E-state index in [0.29, 0.717) is 10.9 Å². The first kappa shape index (κ1) is 25.1. The van der Waals surface area contributed by atoms with Gasteiger partial charge in [0, 0.05) is 11.6 Å². The Labute approximate surface area is 208 Å². The number of hydrogen-bond acceptors (Lipinski definition) is 6. The van der Waals surface area contributed by atoms with Crippen molar-refractivity contribution in [3.8, 4) is 16.3 Å². The van der Waals surface area contributed by atoms with E-state index in [1.165, 1.54) is 51.0 Å². The third-order valence-corrected chi connectivity index (χ3v) is 9.44. The highest BCUT2D eigenvalue weighted by atomic mass is 32.2. The molecule has 1 aromatic heterocycles. The normalized spacial score (nSPS) is 18.3. The number of halogens is 1. The topological polar surface area (TPSA) is 106 Å². The summed E-state index contributed by atoms with van der Waals surface area (Å²) in [7, 11) is -2.87. The summed E-state index contributed by atoms with van der Waals surface area (Å²) in [5, 5.41) is 9.62. The number of carboxylic acid groups (broad SMARTS) is 1. The van der Waals surface area contributed by atoms with Crippen molar-refractivity contribution in [1.29, 1.82) is 0 Å². The number of anilines is 1. The van der Waals surface area contributed by atoms with Crippen LogP contribution in [-0.4, -0.2) is 31.6 Å². The van der Waals surface area contributed by atoms with E-state index in [4.69, 9.17) is 9.84 Å². The van der Waals surface area contributed by atoms with Gasteiger partial charge in [-0.25, -0.2) is 22.6 Å². The van der Waals surface area contributed by atoms with Gasteiger partial charge in [0.05, 0.1) is 24.6 Å². The molecule has 0 aliphatic heterocycles. The van der Waals surface area contributed by atoms with Crippen molar-refractivity contribution >= 4 is 33.0 Å². The summed E-state index contributed by atoms with van der Waals surface area (Å²) in [6, 6.07) is 9.84.